The van der Waals surface area contributed by atoms with Gasteiger partial charge in [0.1, 0.15) is 18.9 Å². The Morgan fingerprint density at radius 1 is 1.12 bits per heavy atom. The van der Waals surface area contributed by atoms with Crippen molar-refractivity contribution in [2.75, 3.05) is 30.3 Å². The molecule has 0 fully saturated rings. The standard InChI is InChI=1S/C17H19BrN2O4S/c1-25(22,23)20(16-10-6-5-9-15(16)18)13-17(21)19-11-12-24-14-7-3-2-4-8-14/h2-10H,11-13H2,1H3,(H,19,21). The second-order valence-corrected chi connectivity index (χ2v) is 7.99. The minimum atomic E-state index is -3.60. The predicted octanol–water partition coefficient (Wildman–Crippen LogP) is 2.41. The third-order valence-electron chi connectivity index (χ3n) is 3.24. The Balaban J connectivity index is 1.91. The van der Waals surface area contributed by atoms with Gasteiger partial charge in [-0.3, -0.25) is 9.10 Å². The van der Waals surface area contributed by atoms with Crippen LogP contribution in [0, 0.1) is 0 Å². The lowest BCUT2D eigenvalue weighted by molar-refractivity contribution is -0.119. The zero-order valence-electron chi connectivity index (χ0n) is 13.7. The van der Waals surface area contributed by atoms with Crippen LogP contribution in [0.15, 0.2) is 59.1 Å². The van der Waals surface area contributed by atoms with Gasteiger partial charge in [-0.1, -0.05) is 30.3 Å². The number of nitrogens with one attached hydrogen (secondary N) is 1. The lowest BCUT2D eigenvalue weighted by atomic mass is 10.3. The molecular formula is C17H19BrN2O4S. The van der Waals surface area contributed by atoms with E-state index in [1.807, 2.05) is 30.3 Å². The topological polar surface area (TPSA) is 75.7 Å². The molecule has 0 unspecified atom stereocenters. The number of hydrogen-bond donors (Lipinski definition) is 1. The van der Waals surface area contributed by atoms with Crippen LogP contribution in [-0.4, -0.2) is 40.3 Å². The van der Waals surface area contributed by atoms with Gasteiger partial charge in [0.15, 0.2) is 0 Å². The number of amides is 1. The fourth-order valence-corrected chi connectivity index (χ4v) is 3.58. The molecule has 134 valence electrons. The van der Waals surface area contributed by atoms with Gasteiger partial charge in [-0.2, -0.15) is 0 Å². The first kappa shape index (κ1) is 19.3. The molecule has 0 aliphatic rings. The molecule has 1 N–H and O–H groups in total. The number of carbonyl (C=O) groups is 1. The Bertz CT molecular complexity index is 812. The Hall–Kier alpha value is -2.06. The van der Waals surface area contributed by atoms with Crippen LogP contribution in [0.25, 0.3) is 0 Å². The first-order chi connectivity index (χ1) is 11.9. The number of anilines is 1. The van der Waals surface area contributed by atoms with Gasteiger partial charge in [0, 0.05) is 4.47 Å². The van der Waals surface area contributed by atoms with Crippen molar-refractivity contribution in [2.45, 2.75) is 0 Å². The van der Waals surface area contributed by atoms with Crippen molar-refractivity contribution in [3.63, 3.8) is 0 Å². The van der Waals surface area contributed by atoms with Crippen molar-refractivity contribution in [3.8, 4) is 5.75 Å². The van der Waals surface area contributed by atoms with E-state index in [0.717, 1.165) is 10.6 Å². The molecule has 8 heteroatoms. The van der Waals surface area contributed by atoms with Crippen LogP contribution in [0.1, 0.15) is 0 Å². The molecule has 0 radical (unpaired) electrons. The molecule has 2 aromatic rings. The molecular weight excluding hydrogens is 408 g/mol. The smallest absolute Gasteiger partial charge is 0.240 e. The quantitative estimate of drug-likeness (QED) is 0.657. The van der Waals surface area contributed by atoms with Crippen LogP contribution in [0.2, 0.25) is 0 Å². The second kappa shape index (κ2) is 8.87. The number of sulfonamides is 1. The van der Waals surface area contributed by atoms with E-state index in [-0.39, 0.29) is 13.1 Å². The van der Waals surface area contributed by atoms with Crippen molar-refractivity contribution < 1.29 is 17.9 Å². The molecule has 0 spiro atoms. The number of ether oxygens (including phenoxy) is 1. The predicted molar refractivity (Wildman–Crippen MR) is 101 cm³/mol. The molecule has 0 heterocycles. The second-order valence-electron chi connectivity index (χ2n) is 5.23. The third kappa shape index (κ3) is 6.06. The minimum absolute atomic E-state index is 0.279. The molecule has 0 bridgehead atoms. The molecule has 2 rings (SSSR count). The maximum atomic E-state index is 12.1. The van der Waals surface area contributed by atoms with Crippen LogP contribution in [0.4, 0.5) is 5.69 Å². The number of benzene rings is 2. The van der Waals surface area contributed by atoms with Gasteiger partial charge in [-0.25, -0.2) is 8.42 Å². The van der Waals surface area contributed by atoms with Crippen molar-refractivity contribution in [2.24, 2.45) is 0 Å². The molecule has 1 amide bonds. The van der Waals surface area contributed by atoms with Gasteiger partial charge in [0.05, 0.1) is 18.5 Å². The molecule has 6 nitrogen and oxygen atoms in total. The summed E-state index contributed by atoms with van der Waals surface area (Å²) in [6.45, 7) is 0.276. The first-order valence-corrected chi connectivity index (χ1v) is 10.2. The fourth-order valence-electron chi connectivity index (χ4n) is 2.10. The highest BCUT2D eigenvalue weighted by Gasteiger charge is 2.22. The van der Waals surface area contributed by atoms with Crippen molar-refractivity contribution >= 4 is 37.5 Å². The number of halogens is 1. The van der Waals surface area contributed by atoms with Gasteiger partial charge in [0.2, 0.25) is 15.9 Å². The van der Waals surface area contributed by atoms with Gasteiger partial charge < -0.3 is 10.1 Å². The van der Waals surface area contributed by atoms with E-state index in [0.29, 0.717) is 22.5 Å². The maximum absolute atomic E-state index is 12.1. The molecule has 0 aliphatic carbocycles. The summed E-state index contributed by atoms with van der Waals surface area (Å²) >= 11 is 3.31. The normalized spacial score (nSPS) is 11.0. The highest BCUT2D eigenvalue weighted by atomic mass is 79.9. The van der Waals surface area contributed by atoms with E-state index < -0.39 is 15.9 Å². The van der Waals surface area contributed by atoms with E-state index in [4.69, 9.17) is 4.74 Å². The average molecular weight is 427 g/mol. The Labute approximate surface area is 156 Å². The summed E-state index contributed by atoms with van der Waals surface area (Å²) in [5.41, 5.74) is 0.417. The van der Waals surface area contributed by atoms with Crippen LogP contribution >= 0.6 is 15.9 Å². The molecule has 25 heavy (non-hydrogen) atoms. The Kier molecular flexibility index (Phi) is 6.83. The zero-order valence-corrected chi connectivity index (χ0v) is 16.1. The highest BCUT2D eigenvalue weighted by Crippen LogP contribution is 2.27. The van der Waals surface area contributed by atoms with Gasteiger partial charge in [-0.15, -0.1) is 0 Å². The van der Waals surface area contributed by atoms with E-state index in [1.54, 1.807) is 24.3 Å². The van der Waals surface area contributed by atoms with E-state index in [1.165, 1.54) is 0 Å². The maximum Gasteiger partial charge on any atom is 0.240 e. The summed E-state index contributed by atoms with van der Waals surface area (Å²) in [7, 11) is -3.60. The van der Waals surface area contributed by atoms with Gasteiger partial charge in [-0.05, 0) is 40.2 Å². The van der Waals surface area contributed by atoms with Crippen molar-refractivity contribution in [3.05, 3.63) is 59.1 Å². The number of carbonyl (C=O) groups excluding carboxylic acids is 1. The lowest BCUT2D eigenvalue weighted by Gasteiger charge is -2.23. The number of rotatable bonds is 8. The molecule has 0 aromatic heterocycles. The Morgan fingerprint density at radius 2 is 1.76 bits per heavy atom. The Morgan fingerprint density at radius 3 is 2.40 bits per heavy atom. The van der Waals surface area contributed by atoms with Gasteiger partial charge >= 0.3 is 0 Å². The summed E-state index contributed by atoms with van der Waals surface area (Å²) in [5.74, 6) is 0.306. The number of hydrogen-bond acceptors (Lipinski definition) is 4. The summed E-state index contributed by atoms with van der Waals surface area (Å²) in [6.07, 6.45) is 1.07. The minimum Gasteiger partial charge on any atom is -0.492 e. The number of para-hydroxylation sites is 2. The highest BCUT2D eigenvalue weighted by molar-refractivity contribution is 9.10. The largest absolute Gasteiger partial charge is 0.492 e. The zero-order chi connectivity index (χ0) is 18.3. The van der Waals surface area contributed by atoms with Crippen LogP contribution in [0.3, 0.4) is 0 Å². The molecule has 0 aliphatic heterocycles. The fraction of sp³-hybridized carbons (Fsp3) is 0.235. The van der Waals surface area contributed by atoms with Crippen LogP contribution < -0.4 is 14.4 Å². The van der Waals surface area contributed by atoms with Crippen molar-refractivity contribution in [1.82, 2.24) is 5.32 Å². The summed E-state index contributed by atoms with van der Waals surface area (Å²) in [4.78, 5) is 12.1. The average Bonchev–Trinajstić information content (AvgIpc) is 2.57. The van der Waals surface area contributed by atoms with Crippen LogP contribution in [0.5, 0.6) is 5.75 Å². The third-order valence-corrected chi connectivity index (χ3v) is 5.04. The van der Waals surface area contributed by atoms with E-state index in [9.17, 15) is 13.2 Å². The van der Waals surface area contributed by atoms with Crippen LogP contribution in [-0.2, 0) is 14.8 Å². The van der Waals surface area contributed by atoms with E-state index in [2.05, 4.69) is 21.2 Å². The SMILES string of the molecule is CS(=O)(=O)N(CC(=O)NCCOc1ccccc1)c1ccccc1Br. The number of nitrogens with zero attached hydrogens (tertiary/aromatic N) is 1. The van der Waals surface area contributed by atoms with Gasteiger partial charge in [0.25, 0.3) is 0 Å². The van der Waals surface area contributed by atoms with Crippen molar-refractivity contribution in [1.29, 1.82) is 0 Å². The lowest BCUT2D eigenvalue weighted by Crippen LogP contribution is -2.41. The summed E-state index contributed by atoms with van der Waals surface area (Å²) in [5, 5.41) is 2.66. The first-order valence-electron chi connectivity index (χ1n) is 7.55. The summed E-state index contributed by atoms with van der Waals surface area (Å²) < 4.78 is 31.2. The molecule has 0 saturated carbocycles. The van der Waals surface area contributed by atoms with E-state index >= 15 is 0 Å². The molecule has 0 saturated heterocycles. The monoisotopic (exact) mass is 426 g/mol. The molecule has 0 atom stereocenters. The summed E-state index contributed by atoms with van der Waals surface area (Å²) in [6, 6.07) is 16.1. The molecule has 2 aromatic carbocycles.